The average molecular weight is 224 g/mol. The molecule has 2 N–H and O–H groups in total. The molecule has 3 nitrogen and oxygen atoms in total. The van der Waals surface area contributed by atoms with Crippen molar-refractivity contribution in [2.45, 2.75) is 6.92 Å². The molecular weight excluding hydrogens is 212 g/mol. The molecule has 0 spiro atoms. The topological polar surface area (TPSA) is 48.9 Å². The Morgan fingerprint density at radius 1 is 1.06 bits per heavy atom. The maximum Gasteiger partial charge on any atom is 0.127 e. The molecule has 0 aliphatic rings. The molecule has 0 aliphatic heterocycles. The van der Waals surface area contributed by atoms with Crippen LogP contribution in [0.25, 0.3) is 22.2 Å². The van der Waals surface area contributed by atoms with Crippen molar-refractivity contribution in [3.05, 3.63) is 48.0 Å². The molecule has 84 valence electrons. The van der Waals surface area contributed by atoms with Crippen LogP contribution in [0.5, 0.6) is 5.75 Å². The second-order valence-corrected chi connectivity index (χ2v) is 4.09. The van der Waals surface area contributed by atoms with Crippen molar-refractivity contribution < 1.29 is 5.11 Å². The molecule has 0 saturated heterocycles. The van der Waals surface area contributed by atoms with Gasteiger partial charge >= 0.3 is 0 Å². The highest BCUT2D eigenvalue weighted by Crippen LogP contribution is 2.33. The SMILES string of the molecule is Cc1ccccc1-c1n[nH]c2cccc(O)c12. The molecule has 3 aromatic rings. The van der Waals surface area contributed by atoms with Crippen LogP contribution < -0.4 is 0 Å². The summed E-state index contributed by atoms with van der Waals surface area (Å²) >= 11 is 0. The van der Waals surface area contributed by atoms with E-state index in [1.54, 1.807) is 12.1 Å². The Morgan fingerprint density at radius 2 is 1.88 bits per heavy atom. The summed E-state index contributed by atoms with van der Waals surface area (Å²) in [4.78, 5) is 0. The van der Waals surface area contributed by atoms with Crippen LogP contribution in [0.3, 0.4) is 0 Å². The fourth-order valence-electron chi connectivity index (χ4n) is 2.09. The number of aromatic nitrogens is 2. The Kier molecular flexibility index (Phi) is 2.11. The lowest BCUT2D eigenvalue weighted by atomic mass is 10.0. The van der Waals surface area contributed by atoms with Crippen LogP contribution in [0.2, 0.25) is 0 Å². The fraction of sp³-hybridized carbons (Fsp3) is 0.0714. The largest absolute Gasteiger partial charge is 0.507 e. The molecule has 3 heteroatoms. The third kappa shape index (κ3) is 1.47. The van der Waals surface area contributed by atoms with Crippen LogP contribution in [0.15, 0.2) is 42.5 Å². The van der Waals surface area contributed by atoms with Crippen molar-refractivity contribution >= 4 is 10.9 Å². The summed E-state index contributed by atoms with van der Waals surface area (Å²) in [6.07, 6.45) is 0. The summed E-state index contributed by atoms with van der Waals surface area (Å²) in [6, 6.07) is 13.4. The van der Waals surface area contributed by atoms with E-state index >= 15 is 0 Å². The van der Waals surface area contributed by atoms with Crippen LogP contribution in [0, 0.1) is 6.92 Å². The van der Waals surface area contributed by atoms with Crippen LogP contribution in [0.4, 0.5) is 0 Å². The number of nitrogens with one attached hydrogen (secondary N) is 1. The lowest BCUT2D eigenvalue weighted by Crippen LogP contribution is -1.83. The van der Waals surface area contributed by atoms with Gasteiger partial charge in [0.1, 0.15) is 11.4 Å². The molecule has 0 bridgehead atoms. The molecule has 2 aromatic carbocycles. The predicted molar refractivity (Wildman–Crippen MR) is 67.9 cm³/mol. The van der Waals surface area contributed by atoms with Gasteiger partial charge in [0.15, 0.2) is 0 Å². The Morgan fingerprint density at radius 3 is 2.71 bits per heavy atom. The molecule has 3 rings (SSSR count). The van der Waals surface area contributed by atoms with Gasteiger partial charge in [-0.25, -0.2) is 0 Å². The molecule has 0 atom stereocenters. The van der Waals surface area contributed by atoms with Crippen LogP contribution in [-0.2, 0) is 0 Å². The first-order valence-corrected chi connectivity index (χ1v) is 5.49. The summed E-state index contributed by atoms with van der Waals surface area (Å²) in [6.45, 7) is 2.04. The zero-order valence-electron chi connectivity index (χ0n) is 9.44. The summed E-state index contributed by atoms with van der Waals surface area (Å²) < 4.78 is 0. The first kappa shape index (κ1) is 9.90. The van der Waals surface area contributed by atoms with E-state index in [0.29, 0.717) is 0 Å². The van der Waals surface area contributed by atoms with Crippen molar-refractivity contribution in [2.75, 3.05) is 0 Å². The van der Waals surface area contributed by atoms with Gasteiger partial charge < -0.3 is 5.11 Å². The number of aromatic amines is 1. The second kappa shape index (κ2) is 3.63. The molecule has 0 saturated carbocycles. The van der Waals surface area contributed by atoms with E-state index in [1.807, 2.05) is 37.3 Å². The van der Waals surface area contributed by atoms with E-state index in [2.05, 4.69) is 10.2 Å². The second-order valence-electron chi connectivity index (χ2n) is 4.09. The maximum absolute atomic E-state index is 9.93. The van der Waals surface area contributed by atoms with Crippen molar-refractivity contribution in [3.63, 3.8) is 0 Å². The number of aryl methyl sites for hydroxylation is 1. The van der Waals surface area contributed by atoms with Gasteiger partial charge in [-0.2, -0.15) is 5.10 Å². The standard InChI is InChI=1S/C14H12N2O/c1-9-5-2-3-6-10(9)14-13-11(15-16-14)7-4-8-12(13)17/h2-8,17H,1H3,(H,15,16). The summed E-state index contributed by atoms with van der Waals surface area (Å²) in [7, 11) is 0. The highest BCUT2D eigenvalue weighted by molar-refractivity contribution is 5.97. The highest BCUT2D eigenvalue weighted by Gasteiger charge is 2.12. The smallest absolute Gasteiger partial charge is 0.127 e. The Labute approximate surface area is 98.7 Å². The minimum absolute atomic E-state index is 0.259. The van der Waals surface area contributed by atoms with E-state index in [-0.39, 0.29) is 5.75 Å². The Balaban J connectivity index is 2.36. The maximum atomic E-state index is 9.93. The zero-order valence-corrected chi connectivity index (χ0v) is 9.44. The molecular formula is C14H12N2O. The zero-order chi connectivity index (χ0) is 11.8. The minimum Gasteiger partial charge on any atom is -0.507 e. The number of nitrogens with zero attached hydrogens (tertiary/aromatic N) is 1. The summed E-state index contributed by atoms with van der Waals surface area (Å²) in [5, 5.41) is 18.0. The molecule has 1 heterocycles. The van der Waals surface area contributed by atoms with Crippen LogP contribution in [-0.4, -0.2) is 15.3 Å². The van der Waals surface area contributed by atoms with Gasteiger partial charge in [-0.05, 0) is 24.6 Å². The first-order chi connectivity index (χ1) is 8.27. The fourth-order valence-corrected chi connectivity index (χ4v) is 2.09. The lowest BCUT2D eigenvalue weighted by molar-refractivity contribution is 0.482. The van der Waals surface area contributed by atoms with E-state index in [9.17, 15) is 5.11 Å². The van der Waals surface area contributed by atoms with Crippen molar-refractivity contribution in [1.82, 2.24) is 10.2 Å². The van der Waals surface area contributed by atoms with Gasteiger partial charge in [0.25, 0.3) is 0 Å². The molecule has 0 radical (unpaired) electrons. The number of aromatic hydroxyl groups is 1. The average Bonchev–Trinajstić information content (AvgIpc) is 2.75. The van der Waals surface area contributed by atoms with Gasteiger partial charge in [-0.1, -0.05) is 30.3 Å². The number of fused-ring (bicyclic) bond motifs is 1. The normalized spacial score (nSPS) is 10.9. The first-order valence-electron chi connectivity index (χ1n) is 5.49. The molecule has 0 fully saturated rings. The number of rotatable bonds is 1. The number of H-pyrrole nitrogens is 1. The Bertz CT molecular complexity index is 686. The summed E-state index contributed by atoms with van der Waals surface area (Å²) in [5.74, 6) is 0.259. The van der Waals surface area contributed by atoms with Crippen molar-refractivity contribution in [3.8, 4) is 17.0 Å². The van der Waals surface area contributed by atoms with E-state index in [0.717, 1.165) is 27.7 Å². The monoisotopic (exact) mass is 224 g/mol. The molecule has 0 unspecified atom stereocenters. The number of hydrogen-bond donors (Lipinski definition) is 2. The third-order valence-corrected chi connectivity index (χ3v) is 2.97. The van der Waals surface area contributed by atoms with Crippen molar-refractivity contribution in [1.29, 1.82) is 0 Å². The highest BCUT2D eigenvalue weighted by atomic mass is 16.3. The van der Waals surface area contributed by atoms with Crippen LogP contribution >= 0.6 is 0 Å². The predicted octanol–water partition coefficient (Wildman–Crippen LogP) is 3.24. The van der Waals surface area contributed by atoms with Crippen molar-refractivity contribution in [2.24, 2.45) is 0 Å². The Hall–Kier alpha value is -2.29. The van der Waals surface area contributed by atoms with Gasteiger partial charge in [-0.3, -0.25) is 5.10 Å². The summed E-state index contributed by atoms with van der Waals surface area (Å²) in [5.41, 5.74) is 3.84. The van der Waals surface area contributed by atoms with Crippen LogP contribution in [0.1, 0.15) is 5.56 Å². The molecule has 1 aromatic heterocycles. The molecule has 0 aliphatic carbocycles. The molecule has 0 amide bonds. The number of phenols is 1. The van der Waals surface area contributed by atoms with Gasteiger partial charge in [-0.15, -0.1) is 0 Å². The third-order valence-electron chi connectivity index (χ3n) is 2.97. The van der Waals surface area contributed by atoms with Gasteiger partial charge in [0.2, 0.25) is 0 Å². The minimum atomic E-state index is 0.259. The number of benzene rings is 2. The molecule has 17 heavy (non-hydrogen) atoms. The van der Waals surface area contributed by atoms with E-state index < -0.39 is 0 Å². The number of phenolic OH excluding ortho intramolecular Hbond substituents is 1. The lowest BCUT2D eigenvalue weighted by Gasteiger charge is -2.03. The van der Waals surface area contributed by atoms with E-state index in [1.165, 1.54) is 0 Å². The van der Waals surface area contributed by atoms with E-state index in [4.69, 9.17) is 0 Å². The van der Waals surface area contributed by atoms with Gasteiger partial charge in [0.05, 0.1) is 10.9 Å². The number of hydrogen-bond acceptors (Lipinski definition) is 2. The van der Waals surface area contributed by atoms with Gasteiger partial charge in [0, 0.05) is 5.56 Å². The quantitative estimate of drug-likeness (QED) is 0.666.